The molecule has 2 amide bonds. The highest BCUT2D eigenvalue weighted by Gasteiger charge is 2.37. The Labute approximate surface area is 269 Å². The Kier molecular flexibility index (Phi) is 11.3. The van der Waals surface area contributed by atoms with Crippen molar-refractivity contribution in [3.05, 3.63) is 131 Å². The summed E-state index contributed by atoms with van der Waals surface area (Å²) in [6, 6.07) is 32.7. The van der Waals surface area contributed by atoms with Gasteiger partial charge in [0.15, 0.2) is 11.5 Å². The smallest absolute Gasteiger partial charge is 0.410 e. The molecule has 46 heavy (non-hydrogen) atoms. The average molecular weight is 623 g/mol. The maximum Gasteiger partial charge on any atom is 0.410 e. The minimum absolute atomic E-state index is 0.106. The molecule has 4 aromatic carbocycles. The van der Waals surface area contributed by atoms with Crippen LogP contribution in [0, 0.1) is 0 Å². The lowest BCUT2D eigenvalue weighted by Crippen LogP contribution is -2.51. The Hall–Kier alpha value is -5.31. The van der Waals surface area contributed by atoms with Gasteiger partial charge in [-0.15, -0.1) is 0 Å². The van der Waals surface area contributed by atoms with Crippen LogP contribution in [0.15, 0.2) is 109 Å². The van der Waals surface area contributed by atoms with Gasteiger partial charge in [0.1, 0.15) is 31.9 Å². The molecule has 0 unspecified atom stereocenters. The second-order valence-corrected chi connectivity index (χ2v) is 11.0. The monoisotopic (exact) mass is 622 g/mol. The molecule has 238 valence electrons. The number of nitrogens with one attached hydrogen (secondary N) is 1. The van der Waals surface area contributed by atoms with Gasteiger partial charge in [-0.3, -0.25) is 9.69 Å². The molecule has 5 rings (SSSR count). The number of amides is 2. The number of esters is 1. The molecule has 4 aromatic rings. The number of methoxy groups -OCH3 is 1. The van der Waals surface area contributed by atoms with Crippen LogP contribution in [-0.2, 0) is 45.3 Å². The molecule has 1 heterocycles. The van der Waals surface area contributed by atoms with E-state index in [0.29, 0.717) is 44.1 Å². The maximum absolute atomic E-state index is 13.4. The van der Waals surface area contributed by atoms with Crippen LogP contribution in [0.5, 0.6) is 11.5 Å². The van der Waals surface area contributed by atoms with E-state index in [1.165, 1.54) is 12.0 Å². The Morgan fingerprint density at radius 3 is 1.89 bits per heavy atom. The first-order valence-electron chi connectivity index (χ1n) is 15.3. The lowest BCUT2D eigenvalue weighted by Gasteiger charge is -2.25. The van der Waals surface area contributed by atoms with Crippen LogP contribution in [0.1, 0.15) is 35.1 Å². The first-order valence-corrected chi connectivity index (χ1v) is 15.3. The number of hydrogen-bond acceptors (Lipinski definition) is 7. The van der Waals surface area contributed by atoms with Crippen LogP contribution in [-0.4, -0.2) is 48.6 Å². The van der Waals surface area contributed by atoms with E-state index in [-0.39, 0.29) is 13.0 Å². The number of nitrogens with zero attached hydrogens (tertiary/aromatic N) is 1. The summed E-state index contributed by atoms with van der Waals surface area (Å²) in [5.41, 5.74) is 3.59. The van der Waals surface area contributed by atoms with Crippen molar-refractivity contribution in [2.45, 2.75) is 51.2 Å². The second kappa shape index (κ2) is 16.1. The zero-order valence-electron chi connectivity index (χ0n) is 25.8. The van der Waals surface area contributed by atoms with Crippen molar-refractivity contribution in [2.75, 3.05) is 13.7 Å². The fourth-order valence-electron chi connectivity index (χ4n) is 5.28. The fourth-order valence-corrected chi connectivity index (χ4v) is 5.28. The third kappa shape index (κ3) is 8.88. The predicted octanol–water partition coefficient (Wildman–Crippen LogP) is 5.85. The van der Waals surface area contributed by atoms with Crippen molar-refractivity contribution in [2.24, 2.45) is 0 Å². The van der Waals surface area contributed by atoms with E-state index < -0.39 is 30.1 Å². The summed E-state index contributed by atoms with van der Waals surface area (Å²) >= 11 is 0. The van der Waals surface area contributed by atoms with Crippen molar-refractivity contribution in [3.8, 4) is 11.5 Å². The first-order chi connectivity index (χ1) is 22.5. The Morgan fingerprint density at radius 1 is 0.739 bits per heavy atom. The Morgan fingerprint density at radius 2 is 1.30 bits per heavy atom. The molecule has 9 heteroatoms. The van der Waals surface area contributed by atoms with Crippen molar-refractivity contribution in [1.29, 1.82) is 0 Å². The largest absolute Gasteiger partial charge is 0.485 e. The average Bonchev–Trinajstić information content (AvgIpc) is 3.60. The molecule has 9 nitrogen and oxygen atoms in total. The third-order valence-corrected chi connectivity index (χ3v) is 7.72. The second-order valence-electron chi connectivity index (χ2n) is 11.0. The third-order valence-electron chi connectivity index (χ3n) is 7.72. The van der Waals surface area contributed by atoms with Gasteiger partial charge in [0, 0.05) is 13.0 Å². The van der Waals surface area contributed by atoms with Gasteiger partial charge in [-0.1, -0.05) is 97.1 Å². The molecule has 2 atom stereocenters. The highest BCUT2D eigenvalue weighted by Crippen LogP contribution is 2.31. The Balaban J connectivity index is 1.27. The molecule has 0 aromatic heterocycles. The molecule has 1 aliphatic heterocycles. The van der Waals surface area contributed by atoms with Crippen LogP contribution in [0.25, 0.3) is 0 Å². The first kappa shape index (κ1) is 32.1. The lowest BCUT2D eigenvalue weighted by molar-refractivity contribution is -0.145. The molecule has 1 aliphatic rings. The SMILES string of the molecule is COC(=O)[C@H](Cc1ccc(OCc2ccccc2)c(OCc2ccccc2)c1)NC(=O)[C@H]1CCCN1C(=O)OCc1ccccc1. The number of benzene rings is 4. The van der Waals surface area contributed by atoms with E-state index in [1.54, 1.807) is 6.07 Å². The summed E-state index contributed by atoms with van der Waals surface area (Å²) in [5.74, 6) is 0.0294. The number of hydrogen-bond donors (Lipinski definition) is 1. The van der Waals surface area contributed by atoms with E-state index in [9.17, 15) is 14.4 Å². The topological polar surface area (TPSA) is 103 Å². The molecule has 0 saturated carbocycles. The van der Waals surface area contributed by atoms with E-state index in [2.05, 4.69) is 5.32 Å². The molecule has 1 fully saturated rings. The molecule has 0 aliphatic carbocycles. The standard InChI is InChI=1S/C37H38N2O7/c1-43-36(41)31(38-35(40)32-18-11-21-39(32)37(42)46-26-29-16-9-4-10-17-29)22-30-19-20-33(44-24-27-12-5-2-6-13-27)34(23-30)45-25-28-14-7-3-8-15-28/h2-10,12-17,19-20,23,31-32H,11,18,21-22,24-26H2,1H3,(H,38,40)/t31-,32+/m0/s1. The van der Waals surface area contributed by atoms with Gasteiger partial charge in [-0.05, 0) is 47.2 Å². The van der Waals surface area contributed by atoms with Gasteiger partial charge in [0.25, 0.3) is 0 Å². The highest BCUT2D eigenvalue weighted by atomic mass is 16.6. The summed E-state index contributed by atoms with van der Waals surface area (Å²) in [6.45, 7) is 1.17. The van der Waals surface area contributed by atoms with Gasteiger partial charge < -0.3 is 24.3 Å². The van der Waals surface area contributed by atoms with Crippen LogP contribution in [0.2, 0.25) is 0 Å². The molecular weight excluding hydrogens is 584 g/mol. The summed E-state index contributed by atoms with van der Waals surface area (Å²) in [6.07, 6.45) is 0.686. The summed E-state index contributed by atoms with van der Waals surface area (Å²) in [7, 11) is 1.28. The van der Waals surface area contributed by atoms with Gasteiger partial charge in [-0.2, -0.15) is 0 Å². The van der Waals surface area contributed by atoms with Crippen molar-refractivity contribution < 1.29 is 33.3 Å². The van der Waals surface area contributed by atoms with Crippen LogP contribution in [0.3, 0.4) is 0 Å². The predicted molar refractivity (Wildman–Crippen MR) is 172 cm³/mol. The molecule has 1 saturated heterocycles. The van der Waals surface area contributed by atoms with Gasteiger partial charge in [0.05, 0.1) is 7.11 Å². The zero-order chi connectivity index (χ0) is 32.1. The maximum atomic E-state index is 13.4. The number of carbonyl (C=O) groups is 3. The number of likely N-dealkylation sites (tertiary alicyclic amines) is 1. The van der Waals surface area contributed by atoms with Crippen LogP contribution >= 0.6 is 0 Å². The lowest BCUT2D eigenvalue weighted by atomic mass is 10.0. The number of ether oxygens (including phenoxy) is 4. The minimum Gasteiger partial charge on any atom is -0.485 e. The van der Waals surface area contributed by atoms with Crippen molar-refractivity contribution >= 4 is 18.0 Å². The Bertz CT molecular complexity index is 1580. The van der Waals surface area contributed by atoms with Crippen LogP contribution < -0.4 is 14.8 Å². The zero-order valence-corrected chi connectivity index (χ0v) is 25.8. The van der Waals surface area contributed by atoms with E-state index in [1.807, 2.05) is 103 Å². The fraction of sp³-hybridized carbons (Fsp3) is 0.270. The van der Waals surface area contributed by atoms with Crippen LogP contribution in [0.4, 0.5) is 4.79 Å². The quantitative estimate of drug-likeness (QED) is 0.187. The van der Waals surface area contributed by atoms with Crippen molar-refractivity contribution in [1.82, 2.24) is 10.2 Å². The summed E-state index contributed by atoms with van der Waals surface area (Å²) < 4.78 is 22.8. The summed E-state index contributed by atoms with van der Waals surface area (Å²) in [5, 5.41) is 2.82. The normalized spacial score (nSPS) is 14.6. The number of carbonyl (C=O) groups excluding carboxylic acids is 3. The molecule has 0 spiro atoms. The summed E-state index contributed by atoms with van der Waals surface area (Å²) in [4.78, 5) is 40.6. The minimum atomic E-state index is -0.988. The van der Waals surface area contributed by atoms with Gasteiger partial charge in [-0.25, -0.2) is 9.59 Å². The molecular formula is C37H38N2O7. The van der Waals surface area contributed by atoms with E-state index in [0.717, 1.165) is 22.3 Å². The molecule has 0 bridgehead atoms. The van der Waals surface area contributed by atoms with Crippen molar-refractivity contribution in [3.63, 3.8) is 0 Å². The van der Waals surface area contributed by atoms with E-state index in [4.69, 9.17) is 18.9 Å². The highest BCUT2D eigenvalue weighted by molar-refractivity contribution is 5.90. The van der Waals surface area contributed by atoms with Gasteiger partial charge in [0.2, 0.25) is 5.91 Å². The molecule has 0 radical (unpaired) electrons. The molecule has 1 N–H and O–H groups in total. The van der Waals surface area contributed by atoms with E-state index >= 15 is 0 Å². The number of rotatable bonds is 13. The van der Waals surface area contributed by atoms with Gasteiger partial charge >= 0.3 is 12.1 Å².